The summed E-state index contributed by atoms with van der Waals surface area (Å²) in [7, 11) is 0. The van der Waals surface area contributed by atoms with Crippen LogP contribution in [-0.2, 0) is 11.2 Å². The highest BCUT2D eigenvalue weighted by molar-refractivity contribution is 6.32. The van der Waals surface area contributed by atoms with Gasteiger partial charge in [0.15, 0.2) is 0 Å². The number of rotatable bonds is 8. The van der Waals surface area contributed by atoms with Gasteiger partial charge in [-0.25, -0.2) is 0 Å². The van der Waals surface area contributed by atoms with Crippen molar-refractivity contribution >= 4 is 29.2 Å². The highest BCUT2D eigenvalue weighted by atomic mass is 35.5. The first-order chi connectivity index (χ1) is 16.1. The van der Waals surface area contributed by atoms with Crippen molar-refractivity contribution < 1.29 is 14.7 Å². The van der Waals surface area contributed by atoms with E-state index in [2.05, 4.69) is 35.8 Å². The number of carboxylic acid groups (broad SMARTS) is 1. The summed E-state index contributed by atoms with van der Waals surface area (Å²) in [4.78, 5) is 23.7. The maximum absolute atomic E-state index is 12.6. The summed E-state index contributed by atoms with van der Waals surface area (Å²) in [5.41, 5.74) is 7.67. The summed E-state index contributed by atoms with van der Waals surface area (Å²) in [5.74, 6) is -1.44. The van der Waals surface area contributed by atoms with Gasteiger partial charge >= 0.3 is 5.97 Å². The zero-order valence-corrected chi connectivity index (χ0v) is 21.0. The predicted octanol–water partition coefficient (Wildman–Crippen LogP) is 6.56. The van der Waals surface area contributed by atoms with Crippen LogP contribution in [0.2, 0.25) is 5.02 Å². The number of carbonyl (C=O) groups is 2. The molecule has 3 aromatic carbocycles. The SMILES string of the molecule is CCc1cc(-c2cccc(NC(C)c3cc(C)c(Cl)c(C)c3)c2)ccc1C(=O)N[C@@H](C)C(=O)O. The van der Waals surface area contributed by atoms with Crippen molar-refractivity contribution in [1.29, 1.82) is 0 Å². The predicted molar refractivity (Wildman–Crippen MR) is 139 cm³/mol. The van der Waals surface area contributed by atoms with Crippen molar-refractivity contribution in [3.63, 3.8) is 0 Å². The van der Waals surface area contributed by atoms with Gasteiger partial charge in [0.1, 0.15) is 6.04 Å². The fraction of sp³-hybridized carbons (Fsp3) is 0.286. The molecule has 3 aromatic rings. The molecule has 34 heavy (non-hydrogen) atoms. The third-order valence-electron chi connectivity index (χ3n) is 5.99. The average Bonchev–Trinajstić information content (AvgIpc) is 2.81. The number of aryl methyl sites for hydroxylation is 3. The molecule has 3 rings (SSSR count). The van der Waals surface area contributed by atoms with Crippen LogP contribution in [0.1, 0.15) is 59.4 Å². The molecule has 178 valence electrons. The lowest BCUT2D eigenvalue weighted by molar-refractivity contribution is -0.138. The molecular weight excluding hydrogens is 448 g/mol. The number of carbonyl (C=O) groups excluding carboxylic acids is 1. The summed E-state index contributed by atoms with van der Waals surface area (Å²) in [5, 5.41) is 16.0. The normalized spacial score (nSPS) is 12.6. The lowest BCUT2D eigenvalue weighted by Gasteiger charge is -2.19. The van der Waals surface area contributed by atoms with Gasteiger partial charge in [-0.15, -0.1) is 0 Å². The summed E-state index contributed by atoms with van der Waals surface area (Å²) in [6.45, 7) is 9.58. The van der Waals surface area contributed by atoms with Gasteiger partial charge in [-0.2, -0.15) is 0 Å². The van der Waals surface area contributed by atoms with E-state index in [0.29, 0.717) is 12.0 Å². The van der Waals surface area contributed by atoms with Crippen LogP contribution < -0.4 is 10.6 Å². The second-order valence-corrected chi connectivity index (χ2v) is 9.05. The number of carboxylic acids is 1. The average molecular weight is 479 g/mol. The van der Waals surface area contributed by atoms with Gasteiger partial charge in [-0.05, 0) is 85.7 Å². The van der Waals surface area contributed by atoms with E-state index in [1.54, 1.807) is 6.07 Å². The zero-order valence-electron chi connectivity index (χ0n) is 20.2. The number of nitrogens with one attached hydrogen (secondary N) is 2. The first-order valence-corrected chi connectivity index (χ1v) is 11.8. The molecule has 2 atom stereocenters. The van der Waals surface area contributed by atoms with E-state index in [0.717, 1.165) is 38.5 Å². The number of anilines is 1. The molecule has 0 heterocycles. The van der Waals surface area contributed by atoms with Crippen LogP contribution in [0.4, 0.5) is 5.69 Å². The lowest BCUT2D eigenvalue weighted by Crippen LogP contribution is -2.38. The molecule has 0 aliphatic carbocycles. The summed E-state index contributed by atoms with van der Waals surface area (Å²) in [6.07, 6.45) is 0.655. The highest BCUT2D eigenvalue weighted by Gasteiger charge is 2.18. The number of aliphatic carboxylic acids is 1. The Hall–Kier alpha value is -3.31. The Balaban J connectivity index is 1.83. The number of halogens is 1. The molecule has 0 saturated heterocycles. The minimum atomic E-state index is -1.06. The van der Waals surface area contributed by atoms with E-state index >= 15 is 0 Å². The molecule has 6 heteroatoms. The molecule has 0 aromatic heterocycles. The fourth-order valence-electron chi connectivity index (χ4n) is 3.97. The zero-order chi connectivity index (χ0) is 25.0. The number of hydrogen-bond donors (Lipinski definition) is 3. The minimum absolute atomic E-state index is 0.0958. The Morgan fingerprint density at radius 1 is 0.971 bits per heavy atom. The van der Waals surface area contributed by atoms with Crippen LogP contribution in [-0.4, -0.2) is 23.0 Å². The second-order valence-electron chi connectivity index (χ2n) is 8.67. The number of amides is 1. The van der Waals surface area contributed by atoms with Crippen molar-refractivity contribution in [2.45, 2.75) is 53.1 Å². The van der Waals surface area contributed by atoms with Gasteiger partial charge in [0.2, 0.25) is 0 Å². The summed E-state index contributed by atoms with van der Waals surface area (Å²) < 4.78 is 0. The topological polar surface area (TPSA) is 78.4 Å². The molecule has 1 amide bonds. The Labute approximate surface area is 206 Å². The number of hydrogen-bond acceptors (Lipinski definition) is 3. The Bertz CT molecular complexity index is 1200. The third kappa shape index (κ3) is 5.78. The van der Waals surface area contributed by atoms with Crippen LogP contribution in [0.3, 0.4) is 0 Å². The largest absolute Gasteiger partial charge is 0.480 e. The summed E-state index contributed by atoms with van der Waals surface area (Å²) in [6, 6.07) is 17.2. The van der Waals surface area contributed by atoms with E-state index in [9.17, 15) is 9.59 Å². The minimum Gasteiger partial charge on any atom is -0.480 e. The number of benzene rings is 3. The smallest absolute Gasteiger partial charge is 0.325 e. The molecule has 0 radical (unpaired) electrons. The Morgan fingerprint density at radius 3 is 2.24 bits per heavy atom. The molecular formula is C28H31ClN2O3. The Kier molecular flexibility index (Phi) is 8.00. The molecule has 0 fully saturated rings. The van der Waals surface area contributed by atoms with Crippen molar-refractivity contribution in [2.24, 2.45) is 0 Å². The van der Waals surface area contributed by atoms with Crippen LogP contribution in [0.5, 0.6) is 0 Å². The van der Waals surface area contributed by atoms with Gasteiger partial charge in [-0.1, -0.05) is 54.9 Å². The first kappa shape index (κ1) is 25.3. The standard InChI is InChI=1S/C28H31ClN2O3/c1-6-20-14-22(10-11-25(20)27(32)31-19(5)28(33)34)21-8-7-9-24(15-21)30-18(4)23-12-16(2)26(29)17(3)13-23/h7-15,18-19,30H,6H2,1-5H3,(H,31,32)(H,33,34)/t18?,19-/m0/s1. The van der Waals surface area contributed by atoms with Crippen LogP contribution in [0.25, 0.3) is 11.1 Å². The van der Waals surface area contributed by atoms with Gasteiger partial charge < -0.3 is 15.7 Å². The molecule has 0 spiro atoms. The van der Waals surface area contributed by atoms with Gasteiger partial charge in [0.25, 0.3) is 5.91 Å². The molecule has 0 aliphatic heterocycles. The van der Waals surface area contributed by atoms with Crippen LogP contribution >= 0.6 is 11.6 Å². The quantitative estimate of drug-likeness (QED) is 0.342. The fourth-order valence-corrected chi connectivity index (χ4v) is 4.08. The molecule has 0 saturated carbocycles. The third-order valence-corrected chi connectivity index (χ3v) is 6.58. The van der Waals surface area contributed by atoms with Crippen molar-refractivity contribution in [3.8, 4) is 11.1 Å². The molecule has 0 bridgehead atoms. The summed E-state index contributed by atoms with van der Waals surface area (Å²) >= 11 is 6.33. The van der Waals surface area contributed by atoms with Gasteiger partial charge in [0.05, 0.1) is 0 Å². The molecule has 1 unspecified atom stereocenters. The van der Waals surface area contributed by atoms with E-state index in [-0.39, 0.29) is 11.9 Å². The van der Waals surface area contributed by atoms with E-state index < -0.39 is 12.0 Å². The molecule has 5 nitrogen and oxygen atoms in total. The van der Waals surface area contributed by atoms with Gasteiger partial charge in [-0.3, -0.25) is 9.59 Å². The van der Waals surface area contributed by atoms with Gasteiger partial charge in [0, 0.05) is 22.3 Å². The van der Waals surface area contributed by atoms with E-state index in [4.69, 9.17) is 16.7 Å². The van der Waals surface area contributed by atoms with Crippen molar-refractivity contribution in [1.82, 2.24) is 5.32 Å². The first-order valence-electron chi connectivity index (χ1n) is 11.4. The highest BCUT2D eigenvalue weighted by Crippen LogP contribution is 2.29. The maximum atomic E-state index is 12.6. The van der Waals surface area contributed by atoms with Crippen molar-refractivity contribution in [3.05, 3.63) is 87.4 Å². The van der Waals surface area contributed by atoms with E-state index in [1.807, 2.05) is 51.1 Å². The molecule has 0 aliphatic rings. The van der Waals surface area contributed by atoms with Crippen LogP contribution in [0.15, 0.2) is 54.6 Å². The monoisotopic (exact) mass is 478 g/mol. The Morgan fingerprint density at radius 2 is 1.62 bits per heavy atom. The lowest BCUT2D eigenvalue weighted by atomic mass is 9.96. The molecule has 3 N–H and O–H groups in total. The maximum Gasteiger partial charge on any atom is 0.325 e. The van der Waals surface area contributed by atoms with E-state index in [1.165, 1.54) is 12.5 Å². The van der Waals surface area contributed by atoms with Crippen LogP contribution in [0, 0.1) is 13.8 Å². The second kappa shape index (κ2) is 10.7. The van der Waals surface area contributed by atoms with Crippen molar-refractivity contribution in [2.75, 3.05) is 5.32 Å².